The lowest BCUT2D eigenvalue weighted by Gasteiger charge is -2.13. The van der Waals surface area contributed by atoms with E-state index in [1.807, 2.05) is 19.2 Å². The molecule has 1 unspecified atom stereocenters. The number of halogens is 1. The van der Waals surface area contributed by atoms with E-state index < -0.39 is 6.10 Å². The summed E-state index contributed by atoms with van der Waals surface area (Å²) < 4.78 is 0. The van der Waals surface area contributed by atoms with E-state index in [4.69, 9.17) is 11.6 Å². The van der Waals surface area contributed by atoms with E-state index in [1.54, 1.807) is 12.1 Å². The summed E-state index contributed by atoms with van der Waals surface area (Å²) in [5.41, 5.74) is 0.669. The van der Waals surface area contributed by atoms with Crippen LogP contribution in [0.5, 0.6) is 0 Å². The molecular weight excluding hydrogens is 284 g/mol. The van der Waals surface area contributed by atoms with Crippen LogP contribution >= 0.6 is 23.4 Å². The van der Waals surface area contributed by atoms with Crippen LogP contribution in [-0.4, -0.2) is 30.0 Å². The lowest BCUT2D eigenvalue weighted by molar-refractivity contribution is 0.162. The average molecular weight is 303 g/mol. The fraction of sp³-hybridized carbons (Fsp3) is 0.462. The molecule has 3 N–H and O–H groups in total. The number of anilines is 1. The molecule has 0 heterocycles. The lowest BCUT2D eigenvalue weighted by atomic mass is 10.2. The highest BCUT2D eigenvalue weighted by Gasteiger charge is 2.09. The maximum Gasteiger partial charge on any atom is 0.319 e. The highest BCUT2D eigenvalue weighted by molar-refractivity contribution is 7.98. The van der Waals surface area contributed by atoms with Crippen molar-refractivity contribution in [2.75, 3.05) is 18.1 Å². The summed E-state index contributed by atoms with van der Waals surface area (Å²) >= 11 is 7.43. The normalized spacial score (nSPS) is 12.0. The minimum absolute atomic E-state index is 0.245. The summed E-state index contributed by atoms with van der Waals surface area (Å²) in [6, 6.07) is 5.00. The van der Waals surface area contributed by atoms with E-state index >= 15 is 0 Å². The number of hydrogen-bond acceptors (Lipinski definition) is 3. The third-order valence-corrected chi connectivity index (χ3v) is 3.56. The number of hydrogen-bond donors (Lipinski definition) is 3. The van der Waals surface area contributed by atoms with Crippen LogP contribution in [0.1, 0.15) is 19.8 Å². The second-order valence-electron chi connectivity index (χ2n) is 4.12. The Hall–Kier alpha value is -0.910. The summed E-state index contributed by atoms with van der Waals surface area (Å²) in [6.45, 7) is 2.23. The Labute approximate surface area is 122 Å². The molecule has 1 aromatic rings. The van der Waals surface area contributed by atoms with Gasteiger partial charge in [0.1, 0.15) is 0 Å². The molecule has 2 amide bonds. The van der Waals surface area contributed by atoms with Crippen LogP contribution in [-0.2, 0) is 0 Å². The predicted octanol–water partition coefficient (Wildman–Crippen LogP) is 3.34. The summed E-state index contributed by atoms with van der Waals surface area (Å²) in [4.78, 5) is 12.7. The summed E-state index contributed by atoms with van der Waals surface area (Å²) in [6.07, 6.45) is 2.98. The van der Waals surface area contributed by atoms with Gasteiger partial charge < -0.3 is 15.7 Å². The molecule has 6 heteroatoms. The zero-order chi connectivity index (χ0) is 14.3. The van der Waals surface area contributed by atoms with Gasteiger partial charge in [-0.1, -0.05) is 24.9 Å². The highest BCUT2D eigenvalue weighted by Crippen LogP contribution is 2.28. The molecule has 0 radical (unpaired) electrons. The van der Waals surface area contributed by atoms with Gasteiger partial charge in [-0.2, -0.15) is 0 Å². The largest absolute Gasteiger partial charge is 0.391 e. The molecule has 0 aromatic heterocycles. The average Bonchev–Trinajstić information content (AvgIpc) is 2.37. The maximum absolute atomic E-state index is 11.7. The fourth-order valence-corrected chi connectivity index (χ4v) is 2.30. The number of benzene rings is 1. The van der Waals surface area contributed by atoms with E-state index in [1.165, 1.54) is 11.8 Å². The molecule has 19 heavy (non-hydrogen) atoms. The van der Waals surface area contributed by atoms with Crippen LogP contribution < -0.4 is 10.6 Å². The standard InChI is InChI=1S/C13H19ClN2O2S/c1-3-4-10(17)8-15-13(18)16-11-7-9(14)5-6-12(11)19-2/h5-7,10,17H,3-4,8H2,1-2H3,(H2,15,16,18). The third-order valence-electron chi connectivity index (χ3n) is 2.53. The van der Waals surface area contributed by atoms with Crippen LogP contribution in [0.15, 0.2) is 23.1 Å². The molecule has 1 rings (SSSR count). The molecule has 0 bridgehead atoms. The quantitative estimate of drug-likeness (QED) is 0.706. The Morgan fingerprint density at radius 2 is 2.26 bits per heavy atom. The zero-order valence-corrected chi connectivity index (χ0v) is 12.6. The molecular formula is C13H19ClN2O2S. The Morgan fingerprint density at radius 1 is 1.53 bits per heavy atom. The fourth-order valence-electron chi connectivity index (χ4n) is 1.59. The minimum Gasteiger partial charge on any atom is -0.391 e. The van der Waals surface area contributed by atoms with Crippen molar-refractivity contribution in [3.63, 3.8) is 0 Å². The van der Waals surface area contributed by atoms with Gasteiger partial charge in [-0.15, -0.1) is 11.8 Å². The number of amides is 2. The van der Waals surface area contributed by atoms with Gasteiger partial charge in [-0.25, -0.2) is 4.79 Å². The number of aliphatic hydroxyl groups excluding tert-OH is 1. The van der Waals surface area contributed by atoms with Crippen LogP contribution in [0, 0.1) is 0 Å². The molecule has 1 atom stereocenters. The minimum atomic E-state index is -0.505. The van der Waals surface area contributed by atoms with Crippen molar-refractivity contribution < 1.29 is 9.90 Å². The Bertz CT molecular complexity index is 429. The van der Waals surface area contributed by atoms with Gasteiger partial charge in [0, 0.05) is 16.5 Å². The molecule has 0 saturated heterocycles. The summed E-state index contributed by atoms with van der Waals surface area (Å²) in [5, 5.41) is 15.5. The molecule has 1 aromatic carbocycles. The molecule has 0 saturated carbocycles. The molecule has 4 nitrogen and oxygen atoms in total. The van der Waals surface area contributed by atoms with Crippen molar-refractivity contribution in [2.24, 2.45) is 0 Å². The Kier molecular flexibility index (Phi) is 7.05. The molecule has 0 fully saturated rings. The number of carbonyl (C=O) groups excluding carboxylic acids is 1. The number of thioether (sulfide) groups is 1. The van der Waals surface area contributed by atoms with Gasteiger partial charge in [0.05, 0.1) is 11.8 Å². The summed E-state index contributed by atoms with van der Waals surface area (Å²) in [5.74, 6) is 0. The van der Waals surface area contributed by atoms with Gasteiger partial charge in [-0.05, 0) is 30.9 Å². The highest BCUT2D eigenvalue weighted by atomic mass is 35.5. The molecule has 0 aliphatic carbocycles. The maximum atomic E-state index is 11.7. The van der Waals surface area contributed by atoms with Crippen LogP contribution in [0.2, 0.25) is 5.02 Å². The SMILES string of the molecule is CCCC(O)CNC(=O)Nc1cc(Cl)ccc1SC. The molecule has 0 aliphatic rings. The zero-order valence-electron chi connectivity index (χ0n) is 11.1. The monoisotopic (exact) mass is 302 g/mol. The van der Waals surface area contributed by atoms with Gasteiger partial charge >= 0.3 is 6.03 Å². The van der Waals surface area contributed by atoms with Crippen molar-refractivity contribution in [2.45, 2.75) is 30.8 Å². The first kappa shape index (κ1) is 16.1. The molecule has 0 aliphatic heterocycles. The smallest absolute Gasteiger partial charge is 0.319 e. The second-order valence-corrected chi connectivity index (χ2v) is 5.41. The van der Waals surface area contributed by atoms with Gasteiger partial charge in [0.15, 0.2) is 0 Å². The van der Waals surface area contributed by atoms with Crippen LogP contribution in [0.4, 0.5) is 10.5 Å². The van der Waals surface area contributed by atoms with Crippen LogP contribution in [0.3, 0.4) is 0 Å². The van der Waals surface area contributed by atoms with E-state index in [9.17, 15) is 9.90 Å². The first-order valence-electron chi connectivity index (χ1n) is 6.13. The van der Waals surface area contributed by atoms with Crippen LogP contribution in [0.25, 0.3) is 0 Å². The topological polar surface area (TPSA) is 61.4 Å². The number of aliphatic hydroxyl groups is 1. The van der Waals surface area contributed by atoms with Gasteiger partial charge in [-0.3, -0.25) is 0 Å². The van der Waals surface area contributed by atoms with E-state index in [-0.39, 0.29) is 12.6 Å². The van der Waals surface area contributed by atoms with E-state index in [0.29, 0.717) is 17.1 Å². The van der Waals surface area contributed by atoms with Gasteiger partial charge in [0.25, 0.3) is 0 Å². The number of nitrogens with one attached hydrogen (secondary N) is 2. The third kappa shape index (κ3) is 5.72. The Balaban J connectivity index is 2.54. The van der Waals surface area contributed by atoms with E-state index in [0.717, 1.165) is 11.3 Å². The Morgan fingerprint density at radius 3 is 2.89 bits per heavy atom. The lowest BCUT2D eigenvalue weighted by Crippen LogP contribution is -2.35. The van der Waals surface area contributed by atoms with Crippen molar-refractivity contribution in [3.05, 3.63) is 23.2 Å². The van der Waals surface area contributed by atoms with Crippen molar-refractivity contribution in [1.82, 2.24) is 5.32 Å². The van der Waals surface area contributed by atoms with E-state index in [2.05, 4.69) is 10.6 Å². The van der Waals surface area contributed by atoms with Crippen molar-refractivity contribution >= 4 is 35.1 Å². The van der Waals surface area contributed by atoms with Gasteiger partial charge in [0.2, 0.25) is 0 Å². The molecule has 0 spiro atoms. The first-order valence-corrected chi connectivity index (χ1v) is 7.73. The number of rotatable bonds is 6. The van der Waals surface area contributed by atoms with Crippen molar-refractivity contribution in [3.8, 4) is 0 Å². The number of urea groups is 1. The number of carbonyl (C=O) groups is 1. The second kappa shape index (κ2) is 8.30. The van der Waals surface area contributed by atoms with Crippen molar-refractivity contribution in [1.29, 1.82) is 0 Å². The predicted molar refractivity (Wildman–Crippen MR) is 81.2 cm³/mol. The molecule has 106 valence electrons. The first-order chi connectivity index (χ1) is 9.06. The summed E-state index contributed by atoms with van der Waals surface area (Å²) in [7, 11) is 0.